The Morgan fingerprint density at radius 3 is 2.36 bits per heavy atom. The van der Waals surface area contributed by atoms with Crippen molar-refractivity contribution in [1.82, 2.24) is 24.5 Å². The fourth-order valence-electron chi connectivity index (χ4n) is 6.43. The summed E-state index contributed by atoms with van der Waals surface area (Å²) in [7, 11) is 0. The van der Waals surface area contributed by atoms with Gasteiger partial charge in [0.05, 0.1) is 39.3 Å². The highest BCUT2D eigenvalue weighted by atomic mass is 15.0. The molecule has 0 radical (unpaired) electrons. The van der Waals surface area contributed by atoms with E-state index in [-0.39, 0.29) is 0 Å². The summed E-state index contributed by atoms with van der Waals surface area (Å²) in [5, 5.41) is 4.50. The van der Waals surface area contributed by atoms with Crippen LogP contribution in [-0.2, 0) is 0 Å². The Morgan fingerprint density at radius 2 is 1.40 bits per heavy atom. The number of hydrogen-bond donors (Lipinski definition) is 0. The van der Waals surface area contributed by atoms with Crippen molar-refractivity contribution in [1.29, 1.82) is 0 Å². The van der Waals surface area contributed by atoms with Crippen molar-refractivity contribution < 1.29 is 0 Å². The van der Waals surface area contributed by atoms with E-state index >= 15 is 0 Å². The van der Waals surface area contributed by atoms with Crippen LogP contribution in [0.3, 0.4) is 0 Å². The monoisotopic (exact) mass is 578 g/mol. The lowest BCUT2D eigenvalue weighted by Gasteiger charge is -2.14. The van der Waals surface area contributed by atoms with Gasteiger partial charge in [0.1, 0.15) is 5.65 Å². The number of benzene rings is 3. The largest absolute Gasteiger partial charge is 0.294 e. The van der Waals surface area contributed by atoms with E-state index in [4.69, 9.17) is 19.9 Å². The third-order valence-electron chi connectivity index (χ3n) is 8.59. The molecule has 0 bridgehead atoms. The fourth-order valence-corrected chi connectivity index (χ4v) is 6.43. The van der Waals surface area contributed by atoms with Gasteiger partial charge in [-0.1, -0.05) is 60.7 Å². The molecule has 9 rings (SSSR count). The van der Waals surface area contributed by atoms with Crippen LogP contribution in [0.5, 0.6) is 0 Å². The molecule has 0 N–H and O–H groups in total. The number of fused-ring (bicyclic) bond motifs is 6. The molecule has 0 aliphatic carbocycles. The molecule has 0 saturated carbocycles. The summed E-state index contributed by atoms with van der Waals surface area (Å²) in [5.74, 6) is 0. The standard InChI is InChI=1S/C39H26N6/c1-2-14-36-30(8-1)31-9-6-22-41-39(31)45(36)29-19-17-25(18-20-29)32-10-3-12-34(43-32)35-13-4-11-33(44-35)28-23-27-16-15-26-7-5-21-40-37(26)38(27)42-24-28/h1-3,5-12,14-24H,4,13H2. The summed E-state index contributed by atoms with van der Waals surface area (Å²) in [5.41, 5.74) is 10.8. The SMILES string of the molecule is C1=C(c2cnc3c(ccc4cccnc43)c2)N=C(c2cccc(-c3ccc(-n4c5ccccc5c5cccnc54)cc3)n2)CC1. The molecule has 0 amide bonds. The lowest BCUT2D eigenvalue weighted by atomic mass is 10.0. The summed E-state index contributed by atoms with van der Waals surface area (Å²) in [6.07, 6.45) is 9.51. The van der Waals surface area contributed by atoms with E-state index in [9.17, 15) is 0 Å². The molecule has 1 aliphatic rings. The molecule has 5 aromatic heterocycles. The van der Waals surface area contributed by atoms with Gasteiger partial charge >= 0.3 is 0 Å². The third-order valence-corrected chi connectivity index (χ3v) is 8.59. The van der Waals surface area contributed by atoms with E-state index in [1.165, 1.54) is 5.39 Å². The molecule has 8 aromatic rings. The Kier molecular flexibility index (Phi) is 5.84. The third kappa shape index (κ3) is 4.30. The van der Waals surface area contributed by atoms with Gasteiger partial charge in [-0.3, -0.25) is 19.5 Å². The minimum Gasteiger partial charge on any atom is -0.294 e. The zero-order chi connectivity index (χ0) is 29.7. The first-order chi connectivity index (χ1) is 22.3. The first-order valence-electron chi connectivity index (χ1n) is 15.1. The van der Waals surface area contributed by atoms with E-state index in [1.807, 2.05) is 30.7 Å². The van der Waals surface area contributed by atoms with Crippen LogP contribution >= 0.6 is 0 Å². The Labute approximate surface area is 259 Å². The molecule has 0 saturated heterocycles. The minimum absolute atomic E-state index is 0.842. The van der Waals surface area contributed by atoms with Crippen LogP contribution in [0.25, 0.3) is 66.4 Å². The lowest BCUT2D eigenvalue weighted by molar-refractivity contribution is 1.05. The Balaban J connectivity index is 1.04. The molecule has 0 unspecified atom stereocenters. The second-order valence-electron chi connectivity index (χ2n) is 11.3. The maximum absolute atomic E-state index is 5.08. The molecular formula is C39H26N6. The van der Waals surface area contributed by atoms with Crippen molar-refractivity contribution in [3.63, 3.8) is 0 Å². The second kappa shape index (κ2) is 10.3. The van der Waals surface area contributed by atoms with Gasteiger partial charge in [-0.05, 0) is 67.4 Å². The molecule has 0 atom stereocenters. The van der Waals surface area contributed by atoms with Gasteiger partial charge in [-0.2, -0.15) is 0 Å². The fraction of sp³-hybridized carbons (Fsp3) is 0.0513. The van der Waals surface area contributed by atoms with Gasteiger partial charge in [0.2, 0.25) is 0 Å². The van der Waals surface area contributed by atoms with E-state index in [2.05, 4.69) is 113 Å². The molecular weight excluding hydrogens is 552 g/mol. The maximum atomic E-state index is 5.08. The van der Waals surface area contributed by atoms with Gasteiger partial charge in [-0.25, -0.2) is 9.97 Å². The number of para-hydroxylation sites is 1. The predicted molar refractivity (Wildman–Crippen MR) is 183 cm³/mol. The van der Waals surface area contributed by atoms with Crippen molar-refractivity contribution in [3.05, 3.63) is 145 Å². The Hall–Kier alpha value is -6.01. The predicted octanol–water partition coefficient (Wildman–Crippen LogP) is 8.96. The number of pyridine rings is 4. The zero-order valence-corrected chi connectivity index (χ0v) is 24.3. The number of hydrogen-bond acceptors (Lipinski definition) is 5. The lowest BCUT2D eigenvalue weighted by Crippen LogP contribution is -2.08. The molecule has 0 fully saturated rings. The van der Waals surface area contributed by atoms with Crippen molar-refractivity contribution in [2.45, 2.75) is 12.8 Å². The highest BCUT2D eigenvalue weighted by Gasteiger charge is 2.16. The van der Waals surface area contributed by atoms with Crippen LogP contribution < -0.4 is 0 Å². The van der Waals surface area contributed by atoms with Crippen molar-refractivity contribution in [3.8, 4) is 16.9 Å². The minimum atomic E-state index is 0.842. The molecule has 0 spiro atoms. The quantitative estimate of drug-likeness (QED) is 0.196. The number of aliphatic imine (C=N–C) groups is 1. The summed E-state index contributed by atoms with van der Waals surface area (Å²) in [4.78, 5) is 24.2. The summed E-state index contributed by atoms with van der Waals surface area (Å²) in [6.45, 7) is 0. The van der Waals surface area contributed by atoms with E-state index < -0.39 is 0 Å². The normalized spacial score (nSPS) is 13.4. The van der Waals surface area contributed by atoms with Crippen LogP contribution in [0.15, 0.2) is 139 Å². The molecule has 6 heterocycles. The van der Waals surface area contributed by atoms with Gasteiger partial charge in [0.15, 0.2) is 0 Å². The topological polar surface area (TPSA) is 68.8 Å². The van der Waals surface area contributed by atoms with Gasteiger partial charge in [0.25, 0.3) is 0 Å². The summed E-state index contributed by atoms with van der Waals surface area (Å²) in [6, 6.07) is 37.7. The van der Waals surface area contributed by atoms with Gasteiger partial charge < -0.3 is 0 Å². The van der Waals surface area contributed by atoms with Crippen LogP contribution in [-0.4, -0.2) is 30.2 Å². The first kappa shape index (κ1) is 25.5. The smallest absolute Gasteiger partial charge is 0.145 e. The van der Waals surface area contributed by atoms with E-state index in [1.54, 1.807) is 0 Å². The zero-order valence-electron chi connectivity index (χ0n) is 24.3. The van der Waals surface area contributed by atoms with Crippen LogP contribution in [0.2, 0.25) is 0 Å². The highest BCUT2D eigenvalue weighted by molar-refractivity contribution is 6.08. The Bertz CT molecular complexity index is 2430. The summed E-state index contributed by atoms with van der Waals surface area (Å²) >= 11 is 0. The molecule has 6 heteroatoms. The average molecular weight is 579 g/mol. The average Bonchev–Trinajstić information content (AvgIpc) is 3.46. The highest BCUT2D eigenvalue weighted by Crippen LogP contribution is 2.32. The molecule has 3 aromatic carbocycles. The van der Waals surface area contributed by atoms with E-state index in [0.717, 1.165) is 90.8 Å². The van der Waals surface area contributed by atoms with Crippen molar-refractivity contribution >= 4 is 55.2 Å². The molecule has 45 heavy (non-hydrogen) atoms. The van der Waals surface area contributed by atoms with E-state index in [0.29, 0.717) is 0 Å². The molecule has 6 nitrogen and oxygen atoms in total. The number of allylic oxidation sites excluding steroid dienone is 1. The Morgan fingerprint density at radius 1 is 0.600 bits per heavy atom. The number of aromatic nitrogens is 5. The number of rotatable bonds is 4. The van der Waals surface area contributed by atoms with Crippen LogP contribution in [0.1, 0.15) is 24.1 Å². The van der Waals surface area contributed by atoms with Gasteiger partial charge in [0, 0.05) is 56.9 Å². The van der Waals surface area contributed by atoms with Crippen LogP contribution in [0.4, 0.5) is 0 Å². The maximum Gasteiger partial charge on any atom is 0.145 e. The molecule has 1 aliphatic heterocycles. The number of nitrogens with zero attached hydrogens (tertiary/aromatic N) is 6. The van der Waals surface area contributed by atoms with Gasteiger partial charge in [-0.15, -0.1) is 0 Å². The van der Waals surface area contributed by atoms with Crippen LogP contribution in [0, 0.1) is 0 Å². The molecule has 212 valence electrons. The second-order valence-corrected chi connectivity index (χ2v) is 11.3. The van der Waals surface area contributed by atoms with Crippen molar-refractivity contribution in [2.24, 2.45) is 4.99 Å². The van der Waals surface area contributed by atoms with Crippen molar-refractivity contribution in [2.75, 3.05) is 0 Å². The summed E-state index contributed by atoms with van der Waals surface area (Å²) < 4.78 is 2.23. The first-order valence-corrected chi connectivity index (χ1v) is 15.1.